The number of nitrogens with zero attached hydrogens (tertiary/aromatic N) is 1. The molecule has 1 rings (SSSR count). The summed E-state index contributed by atoms with van der Waals surface area (Å²) >= 11 is 0. The minimum Gasteiger partial charge on any atom is -0.492 e. The summed E-state index contributed by atoms with van der Waals surface area (Å²) in [6.45, 7) is 4.05. The fraction of sp³-hybridized carbons (Fsp3) is 0.250. The largest absolute Gasteiger partial charge is 0.492 e. The van der Waals surface area contributed by atoms with Crippen LogP contribution in [0.2, 0.25) is 0 Å². The number of hydrogen-bond donors (Lipinski definition) is 0. The van der Waals surface area contributed by atoms with E-state index in [-0.39, 0.29) is 5.56 Å². The summed E-state index contributed by atoms with van der Waals surface area (Å²) in [5.74, 6) is -0.236. The molecule has 0 fully saturated rings. The highest BCUT2D eigenvalue weighted by Crippen LogP contribution is 2.20. The molecule has 0 heterocycles. The summed E-state index contributed by atoms with van der Waals surface area (Å²) in [6, 6.07) is 6.15. The molecule has 0 unspecified atom stereocenters. The van der Waals surface area contributed by atoms with E-state index in [1.165, 1.54) is 12.1 Å². The normalized spacial score (nSPS) is 9.33. The van der Waals surface area contributed by atoms with Crippen LogP contribution in [0.1, 0.15) is 18.4 Å². The summed E-state index contributed by atoms with van der Waals surface area (Å²) < 4.78 is 18.4. The van der Waals surface area contributed by atoms with Crippen molar-refractivity contribution in [1.82, 2.24) is 0 Å². The van der Waals surface area contributed by atoms with Crippen molar-refractivity contribution >= 4 is 0 Å². The lowest BCUT2D eigenvalue weighted by molar-refractivity contribution is 0.309. The molecule has 0 radical (unpaired) electrons. The number of unbranched alkanes of at least 4 members (excludes halogenated alkanes) is 1. The topological polar surface area (TPSA) is 33.0 Å². The fourth-order valence-corrected chi connectivity index (χ4v) is 1.14. The van der Waals surface area contributed by atoms with Crippen LogP contribution in [-0.4, -0.2) is 6.61 Å². The Hall–Kier alpha value is -1.82. The van der Waals surface area contributed by atoms with Crippen LogP contribution < -0.4 is 4.74 Å². The molecule has 0 aliphatic carbocycles. The van der Waals surface area contributed by atoms with Crippen molar-refractivity contribution in [3.05, 3.63) is 42.2 Å². The third-order valence-corrected chi connectivity index (χ3v) is 1.90. The Balaban J connectivity index is 2.65. The number of nitriles is 1. The van der Waals surface area contributed by atoms with Gasteiger partial charge in [-0.25, -0.2) is 4.39 Å². The van der Waals surface area contributed by atoms with E-state index in [2.05, 4.69) is 6.58 Å². The predicted octanol–water partition coefficient (Wildman–Crippen LogP) is 3.04. The van der Waals surface area contributed by atoms with Gasteiger partial charge in [-0.1, -0.05) is 12.1 Å². The molecule has 15 heavy (non-hydrogen) atoms. The number of benzene rings is 1. The number of hydrogen-bond acceptors (Lipinski definition) is 2. The highest BCUT2D eigenvalue weighted by molar-refractivity contribution is 5.43. The lowest BCUT2D eigenvalue weighted by atomic mass is 10.2. The monoisotopic (exact) mass is 205 g/mol. The second kappa shape index (κ2) is 5.82. The van der Waals surface area contributed by atoms with Gasteiger partial charge in [0.1, 0.15) is 23.2 Å². The van der Waals surface area contributed by atoms with Crippen molar-refractivity contribution in [2.24, 2.45) is 0 Å². The SMILES string of the molecule is C=CCCCOc1cccc(F)c1C#N. The summed E-state index contributed by atoms with van der Waals surface area (Å²) in [5.41, 5.74) is -0.0314. The lowest BCUT2D eigenvalue weighted by Gasteiger charge is -2.06. The minimum atomic E-state index is -0.543. The Morgan fingerprint density at radius 2 is 2.33 bits per heavy atom. The third kappa shape index (κ3) is 3.10. The zero-order valence-corrected chi connectivity index (χ0v) is 8.37. The number of halogens is 1. The van der Waals surface area contributed by atoms with Crippen molar-refractivity contribution in [3.8, 4) is 11.8 Å². The predicted molar refractivity (Wildman–Crippen MR) is 56.0 cm³/mol. The first-order chi connectivity index (χ1) is 7.29. The van der Waals surface area contributed by atoms with Crippen LogP contribution in [0.25, 0.3) is 0 Å². The van der Waals surface area contributed by atoms with Gasteiger partial charge in [-0.15, -0.1) is 6.58 Å². The van der Waals surface area contributed by atoms with Gasteiger partial charge in [0.2, 0.25) is 0 Å². The Labute approximate surface area is 88.6 Å². The second-order valence-corrected chi connectivity index (χ2v) is 3.00. The van der Waals surface area contributed by atoms with Crippen LogP contribution >= 0.6 is 0 Å². The molecule has 0 atom stereocenters. The average molecular weight is 205 g/mol. The Kier molecular flexibility index (Phi) is 4.36. The molecule has 0 N–H and O–H groups in total. The summed E-state index contributed by atoms with van der Waals surface area (Å²) in [5, 5.41) is 8.72. The first kappa shape index (κ1) is 11.3. The van der Waals surface area contributed by atoms with Crippen molar-refractivity contribution in [1.29, 1.82) is 5.26 Å². The second-order valence-electron chi connectivity index (χ2n) is 3.00. The molecular formula is C12H12FNO. The van der Waals surface area contributed by atoms with E-state index in [0.717, 1.165) is 12.8 Å². The molecule has 78 valence electrons. The van der Waals surface area contributed by atoms with Crippen LogP contribution in [0.3, 0.4) is 0 Å². The number of ether oxygens (including phenoxy) is 1. The zero-order chi connectivity index (χ0) is 11.1. The molecule has 1 aromatic carbocycles. The van der Waals surface area contributed by atoms with Gasteiger partial charge in [0.15, 0.2) is 0 Å². The molecule has 0 amide bonds. The van der Waals surface area contributed by atoms with Gasteiger partial charge >= 0.3 is 0 Å². The maximum atomic E-state index is 13.1. The van der Waals surface area contributed by atoms with Gasteiger partial charge in [-0.05, 0) is 25.0 Å². The first-order valence-corrected chi connectivity index (χ1v) is 4.72. The van der Waals surface area contributed by atoms with Crippen LogP contribution in [0.5, 0.6) is 5.75 Å². The van der Waals surface area contributed by atoms with Crippen molar-refractivity contribution in [2.75, 3.05) is 6.61 Å². The fourth-order valence-electron chi connectivity index (χ4n) is 1.14. The summed E-state index contributed by atoms with van der Waals surface area (Å²) in [4.78, 5) is 0. The minimum absolute atomic E-state index is 0.0314. The van der Waals surface area contributed by atoms with Gasteiger partial charge in [-0.2, -0.15) is 5.26 Å². The number of rotatable bonds is 5. The Bertz CT molecular complexity index is 382. The van der Waals surface area contributed by atoms with Crippen molar-refractivity contribution in [3.63, 3.8) is 0 Å². The van der Waals surface area contributed by atoms with E-state index in [0.29, 0.717) is 12.4 Å². The Morgan fingerprint density at radius 1 is 1.53 bits per heavy atom. The van der Waals surface area contributed by atoms with Gasteiger partial charge in [0.05, 0.1) is 6.61 Å². The van der Waals surface area contributed by atoms with E-state index in [9.17, 15) is 4.39 Å². The maximum absolute atomic E-state index is 13.1. The first-order valence-electron chi connectivity index (χ1n) is 4.72. The molecule has 3 heteroatoms. The molecular weight excluding hydrogens is 193 g/mol. The van der Waals surface area contributed by atoms with Crippen LogP contribution in [0.4, 0.5) is 4.39 Å². The van der Waals surface area contributed by atoms with Crippen LogP contribution in [0.15, 0.2) is 30.9 Å². The summed E-state index contributed by atoms with van der Waals surface area (Å²) in [7, 11) is 0. The highest BCUT2D eigenvalue weighted by Gasteiger charge is 2.07. The van der Waals surface area contributed by atoms with Gasteiger partial charge < -0.3 is 4.74 Å². The molecule has 0 spiro atoms. The number of allylic oxidation sites excluding steroid dienone is 1. The third-order valence-electron chi connectivity index (χ3n) is 1.90. The maximum Gasteiger partial charge on any atom is 0.144 e. The van der Waals surface area contributed by atoms with E-state index in [1.54, 1.807) is 18.2 Å². The van der Waals surface area contributed by atoms with Gasteiger partial charge in [-0.3, -0.25) is 0 Å². The van der Waals surface area contributed by atoms with Crippen LogP contribution in [-0.2, 0) is 0 Å². The van der Waals surface area contributed by atoms with Crippen molar-refractivity contribution in [2.45, 2.75) is 12.8 Å². The molecule has 0 aliphatic heterocycles. The zero-order valence-electron chi connectivity index (χ0n) is 8.37. The molecule has 1 aromatic rings. The van der Waals surface area contributed by atoms with E-state index in [4.69, 9.17) is 10.00 Å². The molecule has 0 aliphatic rings. The van der Waals surface area contributed by atoms with Gasteiger partial charge in [0.25, 0.3) is 0 Å². The Morgan fingerprint density at radius 3 is 3.00 bits per heavy atom. The van der Waals surface area contributed by atoms with Crippen molar-refractivity contribution < 1.29 is 9.13 Å². The van der Waals surface area contributed by atoms with Gasteiger partial charge in [0, 0.05) is 0 Å². The molecule has 0 aromatic heterocycles. The molecule has 0 bridgehead atoms. The highest BCUT2D eigenvalue weighted by atomic mass is 19.1. The average Bonchev–Trinajstić information content (AvgIpc) is 2.24. The summed E-state index contributed by atoms with van der Waals surface area (Å²) in [6.07, 6.45) is 3.45. The quantitative estimate of drug-likeness (QED) is 0.546. The molecule has 2 nitrogen and oxygen atoms in total. The lowest BCUT2D eigenvalue weighted by Crippen LogP contribution is -1.99. The van der Waals surface area contributed by atoms with E-state index in [1.807, 2.05) is 0 Å². The smallest absolute Gasteiger partial charge is 0.144 e. The standard InChI is InChI=1S/C12H12FNO/c1-2-3-4-8-15-12-7-5-6-11(13)10(12)9-14/h2,5-7H,1,3-4,8H2. The van der Waals surface area contributed by atoms with E-state index < -0.39 is 5.82 Å². The van der Waals surface area contributed by atoms with E-state index >= 15 is 0 Å². The molecule has 0 saturated heterocycles. The van der Waals surface area contributed by atoms with Crippen LogP contribution in [0, 0.1) is 17.1 Å². The molecule has 0 saturated carbocycles.